The van der Waals surface area contributed by atoms with Crippen LogP contribution in [0.1, 0.15) is 5.56 Å². The van der Waals surface area contributed by atoms with Gasteiger partial charge >= 0.3 is 0 Å². The Labute approximate surface area is 165 Å². The first-order valence-electron chi connectivity index (χ1n) is 8.38. The number of benzene rings is 2. The molecule has 0 unspecified atom stereocenters. The molecule has 0 fully saturated rings. The highest BCUT2D eigenvalue weighted by atomic mass is 32.2. The molecular formula is C19H16N4O3S2. The van der Waals surface area contributed by atoms with Crippen molar-refractivity contribution in [1.82, 2.24) is 9.97 Å². The molecule has 3 N–H and O–H groups in total. The molecule has 0 bridgehead atoms. The summed E-state index contributed by atoms with van der Waals surface area (Å²) < 4.78 is 27.1. The van der Waals surface area contributed by atoms with Gasteiger partial charge in [-0.15, -0.1) is 11.3 Å². The van der Waals surface area contributed by atoms with E-state index < -0.39 is 10.0 Å². The van der Waals surface area contributed by atoms with Crippen LogP contribution in [0.3, 0.4) is 0 Å². The van der Waals surface area contributed by atoms with Gasteiger partial charge < -0.3 is 10.3 Å². The molecule has 0 saturated heterocycles. The lowest BCUT2D eigenvalue weighted by Crippen LogP contribution is -2.15. The SMILES string of the molecule is O=C(Cc1c[nH]c2ccccc12)Nc1ccc(S(=O)(=O)Nc2nccs2)cc1. The largest absolute Gasteiger partial charge is 0.361 e. The molecule has 0 radical (unpaired) electrons. The van der Waals surface area contributed by atoms with Crippen LogP contribution in [-0.4, -0.2) is 24.3 Å². The van der Waals surface area contributed by atoms with Gasteiger partial charge in [0.05, 0.1) is 11.3 Å². The Hall–Kier alpha value is -3.17. The zero-order valence-corrected chi connectivity index (χ0v) is 16.2. The lowest BCUT2D eigenvalue weighted by Gasteiger charge is -2.08. The monoisotopic (exact) mass is 412 g/mol. The van der Waals surface area contributed by atoms with Gasteiger partial charge in [0.2, 0.25) is 5.91 Å². The molecule has 7 nitrogen and oxygen atoms in total. The first-order valence-corrected chi connectivity index (χ1v) is 10.7. The van der Waals surface area contributed by atoms with E-state index >= 15 is 0 Å². The minimum absolute atomic E-state index is 0.0947. The van der Waals surface area contributed by atoms with Crippen LogP contribution in [0.2, 0.25) is 0 Å². The van der Waals surface area contributed by atoms with Gasteiger partial charge in [-0.2, -0.15) is 0 Å². The van der Waals surface area contributed by atoms with Crippen LogP contribution in [-0.2, 0) is 21.2 Å². The quantitative estimate of drug-likeness (QED) is 0.450. The van der Waals surface area contributed by atoms with E-state index in [0.717, 1.165) is 16.5 Å². The summed E-state index contributed by atoms with van der Waals surface area (Å²) in [7, 11) is -3.71. The summed E-state index contributed by atoms with van der Waals surface area (Å²) in [4.78, 5) is 19.5. The van der Waals surface area contributed by atoms with Gasteiger partial charge in [-0.3, -0.25) is 9.52 Å². The van der Waals surface area contributed by atoms with Crippen molar-refractivity contribution in [3.05, 3.63) is 71.9 Å². The van der Waals surface area contributed by atoms with Crippen molar-refractivity contribution in [3.63, 3.8) is 0 Å². The molecule has 142 valence electrons. The van der Waals surface area contributed by atoms with Crippen molar-refractivity contribution < 1.29 is 13.2 Å². The fourth-order valence-corrected chi connectivity index (χ4v) is 4.61. The lowest BCUT2D eigenvalue weighted by molar-refractivity contribution is -0.115. The van der Waals surface area contributed by atoms with Crippen molar-refractivity contribution in [2.24, 2.45) is 0 Å². The summed E-state index contributed by atoms with van der Waals surface area (Å²) in [6.45, 7) is 0. The summed E-state index contributed by atoms with van der Waals surface area (Å²) in [5.41, 5.74) is 2.41. The zero-order chi connectivity index (χ0) is 19.6. The van der Waals surface area contributed by atoms with Crippen LogP contribution in [0.5, 0.6) is 0 Å². The van der Waals surface area contributed by atoms with Crippen molar-refractivity contribution >= 4 is 49.0 Å². The molecule has 0 atom stereocenters. The van der Waals surface area contributed by atoms with Crippen LogP contribution in [0, 0.1) is 0 Å². The summed E-state index contributed by atoms with van der Waals surface area (Å²) in [6.07, 6.45) is 3.56. The van der Waals surface area contributed by atoms with Crippen molar-refractivity contribution in [2.75, 3.05) is 10.0 Å². The second-order valence-electron chi connectivity index (χ2n) is 6.05. The fourth-order valence-electron chi connectivity index (χ4n) is 2.82. The molecule has 4 aromatic rings. The Bertz CT molecular complexity index is 1210. The first-order chi connectivity index (χ1) is 13.5. The number of rotatable bonds is 6. The van der Waals surface area contributed by atoms with E-state index in [4.69, 9.17) is 0 Å². The number of aromatic nitrogens is 2. The summed E-state index contributed by atoms with van der Waals surface area (Å²) >= 11 is 1.20. The molecule has 0 aliphatic rings. The molecule has 0 spiro atoms. The average Bonchev–Trinajstić information content (AvgIpc) is 3.32. The number of carbonyl (C=O) groups excluding carboxylic acids is 1. The summed E-state index contributed by atoms with van der Waals surface area (Å²) in [6, 6.07) is 13.8. The molecule has 0 saturated carbocycles. The van der Waals surface area contributed by atoms with Gasteiger partial charge in [-0.05, 0) is 35.9 Å². The zero-order valence-electron chi connectivity index (χ0n) is 14.5. The van der Waals surface area contributed by atoms with E-state index in [2.05, 4.69) is 20.0 Å². The van der Waals surface area contributed by atoms with Crippen LogP contribution >= 0.6 is 11.3 Å². The third-order valence-corrected chi connectivity index (χ3v) is 6.30. The van der Waals surface area contributed by atoms with E-state index in [1.54, 1.807) is 17.5 Å². The third-order valence-electron chi connectivity index (χ3n) is 4.13. The minimum Gasteiger partial charge on any atom is -0.361 e. The Morgan fingerprint density at radius 2 is 1.89 bits per heavy atom. The Morgan fingerprint density at radius 1 is 1.11 bits per heavy atom. The number of sulfonamides is 1. The van der Waals surface area contributed by atoms with Gasteiger partial charge in [0, 0.05) is 34.4 Å². The maximum Gasteiger partial charge on any atom is 0.263 e. The molecule has 2 heterocycles. The van der Waals surface area contributed by atoms with Gasteiger partial charge in [0.25, 0.3) is 10.0 Å². The fraction of sp³-hybridized carbons (Fsp3) is 0.0526. The Morgan fingerprint density at radius 3 is 2.64 bits per heavy atom. The number of hydrogen-bond donors (Lipinski definition) is 3. The van der Waals surface area contributed by atoms with Gasteiger partial charge in [0.15, 0.2) is 5.13 Å². The number of hydrogen-bond acceptors (Lipinski definition) is 5. The smallest absolute Gasteiger partial charge is 0.263 e. The second kappa shape index (κ2) is 7.45. The number of para-hydroxylation sites is 1. The number of anilines is 2. The molecular weight excluding hydrogens is 396 g/mol. The minimum atomic E-state index is -3.71. The molecule has 9 heteroatoms. The predicted molar refractivity (Wildman–Crippen MR) is 110 cm³/mol. The van der Waals surface area contributed by atoms with Crippen LogP contribution in [0.25, 0.3) is 10.9 Å². The van der Waals surface area contributed by atoms with E-state index in [0.29, 0.717) is 10.8 Å². The Balaban J connectivity index is 1.43. The van der Waals surface area contributed by atoms with E-state index in [9.17, 15) is 13.2 Å². The maximum atomic E-state index is 12.4. The highest BCUT2D eigenvalue weighted by molar-refractivity contribution is 7.93. The number of nitrogens with one attached hydrogen (secondary N) is 3. The van der Waals surface area contributed by atoms with Gasteiger partial charge in [-0.1, -0.05) is 18.2 Å². The lowest BCUT2D eigenvalue weighted by atomic mass is 10.1. The molecule has 2 aromatic carbocycles. The standard InChI is InChI=1S/C19H16N4O3S2/c24-18(11-13-12-21-17-4-2-1-3-16(13)17)22-14-5-7-15(8-6-14)28(25,26)23-19-20-9-10-27-19/h1-10,12,21H,11H2,(H,20,23)(H,22,24). The number of H-pyrrole nitrogens is 1. The van der Waals surface area contributed by atoms with Crippen LogP contribution in [0.4, 0.5) is 10.8 Å². The summed E-state index contributed by atoms with van der Waals surface area (Å²) in [5, 5.41) is 5.78. The summed E-state index contributed by atoms with van der Waals surface area (Å²) in [5.74, 6) is -0.179. The number of aromatic amines is 1. The predicted octanol–water partition coefficient (Wildman–Crippen LogP) is 3.61. The van der Waals surface area contributed by atoms with Crippen molar-refractivity contribution in [3.8, 4) is 0 Å². The van der Waals surface area contributed by atoms with Crippen molar-refractivity contribution in [2.45, 2.75) is 11.3 Å². The van der Waals surface area contributed by atoms with Crippen LogP contribution < -0.4 is 10.0 Å². The normalized spacial score (nSPS) is 11.4. The third kappa shape index (κ3) is 3.90. The molecule has 2 aromatic heterocycles. The van der Waals surface area contributed by atoms with Gasteiger partial charge in [-0.25, -0.2) is 13.4 Å². The van der Waals surface area contributed by atoms with Crippen molar-refractivity contribution in [1.29, 1.82) is 0 Å². The maximum absolute atomic E-state index is 12.4. The molecule has 0 aliphatic heterocycles. The topological polar surface area (TPSA) is 104 Å². The second-order valence-corrected chi connectivity index (χ2v) is 8.63. The molecule has 0 aliphatic carbocycles. The van der Waals surface area contributed by atoms with Gasteiger partial charge in [0.1, 0.15) is 0 Å². The van der Waals surface area contributed by atoms with E-state index in [1.165, 1.54) is 29.7 Å². The number of carbonyl (C=O) groups is 1. The number of fused-ring (bicyclic) bond motifs is 1. The number of amides is 1. The Kier molecular flexibility index (Phi) is 4.84. The van der Waals surface area contributed by atoms with E-state index in [-0.39, 0.29) is 17.2 Å². The first kappa shape index (κ1) is 18.2. The number of thiazole rings is 1. The number of nitrogens with zero attached hydrogens (tertiary/aromatic N) is 1. The molecule has 1 amide bonds. The molecule has 28 heavy (non-hydrogen) atoms. The highest BCUT2D eigenvalue weighted by Crippen LogP contribution is 2.21. The average molecular weight is 412 g/mol. The molecule has 4 rings (SSSR count). The van der Waals surface area contributed by atoms with Crippen LogP contribution in [0.15, 0.2) is 71.2 Å². The van der Waals surface area contributed by atoms with E-state index in [1.807, 2.05) is 30.5 Å². The highest BCUT2D eigenvalue weighted by Gasteiger charge is 2.16.